The van der Waals surface area contributed by atoms with Crippen LogP contribution in [0.1, 0.15) is 11.1 Å². The topological polar surface area (TPSA) is 72.6 Å². The molecule has 7 heteroatoms. The molecule has 3 rings (SSSR count). The van der Waals surface area contributed by atoms with Crippen LogP contribution in [0.4, 0.5) is 0 Å². The number of halogens is 1. The number of oxazole rings is 1. The Kier molecular flexibility index (Phi) is 5.01. The van der Waals surface area contributed by atoms with E-state index in [1.807, 2.05) is 18.2 Å². The van der Waals surface area contributed by atoms with Crippen molar-refractivity contribution in [2.75, 3.05) is 7.11 Å². The number of hydrogen-bond donors (Lipinski definition) is 2. The smallest absolute Gasteiger partial charge is 0.325 e. The molecule has 1 atom stereocenters. The maximum absolute atomic E-state index is 11.2. The lowest BCUT2D eigenvalue weighted by molar-refractivity contribution is -0.136. The fraction of sp³-hybridized carbons (Fsp3) is 0.111. The summed E-state index contributed by atoms with van der Waals surface area (Å²) in [4.78, 5) is 15.6. The van der Waals surface area contributed by atoms with E-state index in [2.05, 4.69) is 17.6 Å². The molecule has 128 valence electrons. The van der Waals surface area contributed by atoms with E-state index in [0.717, 1.165) is 5.56 Å². The molecule has 0 aliphatic heterocycles. The van der Waals surface area contributed by atoms with Crippen molar-refractivity contribution in [3.8, 4) is 28.3 Å². The molecular formula is C18H14ClNO4S. The molecule has 0 aliphatic rings. The van der Waals surface area contributed by atoms with Crippen LogP contribution >= 0.6 is 24.2 Å². The van der Waals surface area contributed by atoms with Crippen LogP contribution in [-0.4, -0.2) is 23.2 Å². The molecule has 1 heterocycles. The highest BCUT2D eigenvalue weighted by Crippen LogP contribution is 2.38. The SMILES string of the molecule is COc1ccc(-c2nc(C(S)C(=O)O)oc2-c2ccccc2Cl)cc1. The van der Waals surface area contributed by atoms with Gasteiger partial charge in [0.25, 0.3) is 0 Å². The van der Waals surface area contributed by atoms with Crippen LogP contribution in [0.5, 0.6) is 5.75 Å². The molecule has 0 saturated heterocycles. The van der Waals surface area contributed by atoms with Crippen molar-refractivity contribution in [2.24, 2.45) is 0 Å². The summed E-state index contributed by atoms with van der Waals surface area (Å²) in [7, 11) is 1.58. The lowest BCUT2D eigenvalue weighted by Crippen LogP contribution is -2.05. The molecule has 0 saturated carbocycles. The van der Waals surface area contributed by atoms with Crippen LogP contribution in [0.2, 0.25) is 5.02 Å². The average Bonchev–Trinajstić information content (AvgIpc) is 3.06. The zero-order valence-corrected chi connectivity index (χ0v) is 14.8. The number of carbonyl (C=O) groups is 1. The van der Waals surface area contributed by atoms with Gasteiger partial charge in [0.05, 0.1) is 12.1 Å². The van der Waals surface area contributed by atoms with Gasteiger partial charge in [-0.15, -0.1) is 0 Å². The zero-order chi connectivity index (χ0) is 18.0. The molecular weight excluding hydrogens is 362 g/mol. The predicted octanol–water partition coefficient (Wildman–Crippen LogP) is 4.73. The Morgan fingerprint density at radius 1 is 1.24 bits per heavy atom. The van der Waals surface area contributed by atoms with Gasteiger partial charge >= 0.3 is 5.97 Å². The van der Waals surface area contributed by atoms with Gasteiger partial charge < -0.3 is 14.3 Å². The molecule has 25 heavy (non-hydrogen) atoms. The predicted molar refractivity (Wildman–Crippen MR) is 98.3 cm³/mol. The van der Waals surface area contributed by atoms with Crippen LogP contribution in [0.15, 0.2) is 52.9 Å². The van der Waals surface area contributed by atoms with Crippen molar-refractivity contribution >= 4 is 30.2 Å². The van der Waals surface area contributed by atoms with Gasteiger partial charge in [0, 0.05) is 11.1 Å². The molecule has 1 aromatic heterocycles. The van der Waals surface area contributed by atoms with E-state index >= 15 is 0 Å². The molecule has 2 aromatic carbocycles. The third kappa shape index (κ3) is 3.50. The number of carboxylic acid groups (broad SMARTS) is 1. The first-order chi connectivity index (χ1) is 12.0. The Morgan fingerprint density at radius 3 is 2.52 bits per heavy atom. The highest BCUT2D eigenvalue weighted by molar-refractivity contribution is 7.81. The second-order valence-electron chi connectivity index (χ2n) is 5.18. The summed E-state index contributed by atoms with van der Waals surface area (Å²) in [6.07, 6.45) is 0. The minimum atomic E-state index is -1.17. The van der Waals surface area contributed by atoms with Crippen molar-refractivity contribution in [1.82, 2.24) is 4.98 Å². The molecule has 0 fully saturated rings. The van der Waals surface area contributed by atoms with Gasteiger partial charge in [-0.25, -0.2) is 4.98 Å². The standard InChI is InChI=1S/C18H14ClNO4S/c1-23-11-8-6-10(7-9-11)14-15(12-4-2-3-5-13(12)19)24-17(20-14)16(25)18(21)22/h2-9,16,25H,1H3,(H,21,22). The van der Waals surface area contributed by atoms with E-state index in [1.54, 1.807) is 37.4 Å². The number of benzene rings is 2. The number of nitrogens with zero attached hydrogens (tertiary/aromatic N) is 1. The van der Waals surface area contributed by atoms with Crippen LogP contribution in [0, 0.1) is 0 Å². The van der Waals surface area contributed by atoms with Crippen LogP contribution in [0.25, 0.3) is 22.6 Å². The lowest BCUT2D eigenvalue weighted by atomic mass is 10.1. The summed E-state index contributed by atoms with van der Waals surface area (Å²) in [5.74, 6) is -0.0522. The number of ether oxygens (including phenoxy) is 1. The normalized spacial score (nSPS) is 12.0. The van der Waals surface area contributed by atoms with Crippen molar-refractivity contribution in [2.45, 2.75) is 5.25 Å². The first kappa shape index (κ1) is 17.4. The maximum atomic E-state index is 11.2. The molecule has 0 radical (unpaired) electrons. The van der Waals surface area contributed by atoms with Crippen LogP contribution < -0.4 is 4.74 Å². The van der Waals surface area contributed by atoms with E-state index in [4.69, 9.17) is 20.8 Å². The van der Waals surface area contributed by atoms with Crippen LogP contribution in [-0.2, 0) is 4.79 Å². The van der Waals surface area contributed by atoms with Crippen molar-refractivity contribution in [1.29, 1.82) is 0 Å². The number of methoxy groups -OCH3 is 1. The average molecular weight is 376 g/mol. The van der Waals surface area contributed by atoms with Crippen LogP contribution in [0.3, 0.4) is 0 Å². The number of rotatable bonds is 5. The van der Waals surface area contributed by atoms with Gasteiger partial charge in [-0.1, -0.05) is 23.7 Å². The Balaban J connectivity index is 2.17. The fourth-order valence-corrected chi connectivity index (χ4v) is 2.66. The molecule has 0 aliphatic carbocycles. The Labute approximate surface area is 154 Å². The third-order valence-corrected chi connectivity index (χ3v) is 4.36. The van der Waals surface area contributed by atoms with E-state index in [-0.39, 0.29) is 5.89 Å². The largest absolute Gasteiger partial charge is 0.497 e. The van der Waals surface area contributed by atoms with E-state index in [9.17, 15) is 9.90 Å². The Hall–Kier alpha value is -2.44. The molecule has 1 N–H and O–H groups in total. The van der Waals surface area contributed by atoms with Gasteiger partial charge in [-0.3, -0.25) is 4.79 Å². The molecule has 5 nitrogen and oxygen atoms in total. The monoisotopic (exact) mass is 375 g/mol. The summed E-state index contributed by atoms with van der Waals surface area (Å²) >= 11 is 10.3. The highest BCUT2D eigenvalue weighted by Gasteiger charge is 2.26. The molecule has 1 unspecified atom stereocenters. The first-order valence-electron chi connectivity index (χ1n) is 7.32. The zero-order valence-electron chi connectivity index (χ0n) is 13.1. The summed E-state index contributed by atoms with van der Waals surface area (Å²) in [5, 5.41) is 8.49. The number of thiol groups is 1. The van der Waals surface area contributed by atoms with E-state index in [1.165, 1.54) is 0 Å². The van der Waals surface area contributed by atoms with E-state index < -0.39 is 11.2 Å². The van der Waals surface area contributed by atoms with Gasteiger partial charge in [0.15, 0.2) is 11.0 Å². The number of carboxylic acids is 1. The Morgan fingerprint density at radius 2 is 1.92 bits per heavy atom. The summed E-state index contributed by atoms with van der Waals surface area (Å²) in [5.41, 5.74) is 1.86. The minimum absolute atomic E-state index is 0.00317. The van der Waals surface area contributed by atoms with Crippen molar-refractivity contribution < 1.29 is 19.1 Å². The maximum Gasteiger partial charge on any atom is 0.325 e. The second kappa shape index (κ2) is 7.21. The van der Waals surface area contributed by atoms with Gasteiger partial charge in [0.2, 0.25) is 5.89 Å². The minimum Gasteiger partial charge on any atom is -0.497 e. The highest BCUT2D eigenvalue weighted by atomic mass is 35.5. The van der Waals surface area contributed by atoms with Gasteiger partial charge in [0.1, 0.15) is 11.4 Å². The molecule has 0 amide bonds. The quantitative estimate of drug-likeness (QED) is 0.631. The molecule has 0 spiro atoms. The second-order valence-corrected chi connectivity index (χ2v) is 6.10. The van der Waals surface area contributed by atoms with Crippen molar-refractivity contribution in [3.63, 3.8) is 0 Å². The lowest BCUT2D eigenvalue weighted by Gasteiger charge is -2.04. The van der Waals surface area contributed by atoms with Gasteiger partial charge in [-0.05, 0) is 36.4 Å². The number of aromatic nitrogens is 1. The first-order valence-corrected chi connectivity index (χ1v) is 8.21. The third-order valence-electron chi connectivity index (χ3n) is 3.59. The number of hydrogen-bond acceptors (Lipinski definition) is 5. The van der Waals surface area contributed by atoms with Gasteiger partial charge in [-0.2, -0.15) is 12.6 Å². The Bertz CT molecular complexity index is 908. The molecule has 0 bridgehead atoms. The summed E-state index contributed by atoms with van der Waals surface area (Å²) in [6, 6.07) is 14.3. The van der Waals surface area contributed by atoms with Crippen molar-refractivity contribution in [3.05, 3.63) is 59.4 Å². The fourth-order valence-electron chi connectivity index (χ4n) is 2.33. The summed E-state index contributed by atoms with van der Waals surface area (Å²) < 4.78 is 10.9. The summed E-state index contributed by atoms with van der Waals surface area (Å²) in [6.45, 7) is 0. The molecule has 3 aromatic rings. The van der Waals surface area contributed by atoms with E-state index in [0.29, 0.717) is 27.8 Å². The number of aliphatic carboxylic acids is 1.